The lowest BCUT2D eigenvalue weighted by Gasteiger charge is -2.14. The van der Waals surface area contributed by atoms with Crippen LogP contribution in [0.2, 0.25) is 0 Å². The molecule has 1 aromatic carbocycles. The van der Waals surface area contributed by atoms with Gasteiger partial charge in [-0.05, 0) is 30.9 Å². The summed E-state index contributed by atoms with van der Waals surface area (Å²) in [6.45, 7) is 0. The van der Waals surface area contributed by atoms with Gasteiger partial charge in [0.1, 0.15) is 5.75 Å². The van der Waals surface area contributed by atoms with E-state index in [1.165, 1.54) is 38.5 Å². The second-order valence-corrected chi connectivity index (χ2v) is 5.57. The summed E-state index contributed by atoms with van der Waals surface area (Å²) in [5.74, 6) is 1.22. The highest BCUT2D eigenvalue weighted by Crippen LogP contribution is 2.27. The van der Waals surface area contributed by atoms with Crippen LogP contribution in [0.15, 0.2) is 18.2 Å². The van der Waals surface area contributed by atoms with Gasteiger partial charge in [0, 0.05) is 18.2 Å². The number of anilines is 2. The molecular formula is C16H24N2O2. The number of methoxy groups -OCH3 is 1. The molecule has 1 aliphatic rings. The Kier molecular flexibility index (Phi) is 5.27. The Labute approximate surface area is 120 Å². The zero-order valence-corrected chi connectivity index (χ0v) is 12.2. The molecule has 4 nitrogen and oxygen atoms in total. The molecule has 0 unspecified atom stereocenters. The van der Waals surface area contributed by atoms with Gasteiger partial charge in [-0.15, -0.1) is 0 Å². The molecule has 2 rings (SSSR count). The van der Waals surface area contributed by atoms with Gasteiger partial charge in [-0.2, -0.15) is 0 Å². The highest BCUT2D eigenvalue weighted by molar-refractivity contribution is 5.91. The van der Waals surface area contributed by atoms with Crippen molar-refractivity contribution < 1.29 is 9.53 Å². The molecule has 0 bridgehead atoms. The van der Waals surface area contributed by atoms with Crippen LogP contribution < -0.4 is 15.8 Å². The maximum absolute atomic E-state index is 12.1. The summed E-state index contributed by atoms with van der Waals surface area (Å²) in [7, 11) is 1.57. The van der Waals surface area contributed by atoms with Crippen LogP contribution in [0.25, 0.3) is 0 Å². The first-order valence-electron chi connectivity index (χ1n) is 7.42. The first-order valence-corrected chi connectivity index (χ1v) is 7.42. The van der Waals surface area contributed by atoms with Crippen molar-refractivity contribution in [3.05, 3.63) is 18.2 Å². The molecule has 1 fully saturated rings. The molecule has 0 radical (unpaired) electrons. The first-order chi connectivity index (χ1) is 9.69. The molecule has 0 aromatic heterocycles. The third-order valence-corrected chi connectivity index (χ3v) is 3.97. The minimum Gasteiger partial charge on any atom is -0.495 e. The first kappa shape index (κ1) is 14.7. The summed E-state index contributed by atoms with van der Waals surface area (Å²) >= 11 is 0. The second kappa shape index (κ2) is 7.17. The highest BCUT2D eigenvalue weighted by atomic mass is 16.5. The molecule has 0 atom stereocenters. The zero-order valence-electron chi connectivity index (χ0n) is 12.2. The normalized spacial score (nSPS) is 16.4. The second-order valence-electron chi connectivity index (χ2n) is 5.57. The lowest BCUT2D eigenvalue weighted by molar-refractivity contribution is -0.117. The Hall–Kier alpha value is -1.71. The van der Waals surface area contributed by atoms with E-state index in [4.69, 9.17) is 10.5 Å². The maximum Gasteiger partial charge on any atom is 0.224 e. The number of ether oxygens (including phenoxy) is 1. The Balaban J connectivity index is 1.90. The Morgan fingerprint density at radius 2 is 2.00 bits per heavy atom. The number of carbonyl (C=O) groups is 1. The van der Waals surface area contributed by atoms with Crippen LogP contribution in [0, 0.1) is 5.92 Å². The van der Waals surface area contributed by atoms with Crippen molar-refractivity contribution in [3.8, 4) is 5.75 Å². The van der Waals surface area contributed by atoms with E-state index in [2.05, 4.69) is 5.32 Å². The standard InChI is InChI=1S/C16H24N2O2/c1-20-15-11-13(8-9-14(15)17)18-16(19)10-12-6-4-2-3-5-7-12/h8-9,11-12H,2-7,10,17H2,1H3,(H,18,19). The van der Waals surface area contributed by atoms with E-state index >= 15 is 0 Å². The highest BCUT2D eigenvalue weighted by Gasteiger charge is 2.16. The Bertz CT molecular complexity index is 452. The number of carbonyl (C=O) groups excluding carboxylic acids is 1. The van der Waals surface area contributed by atoms with Gasteiger partial charge in [0.25, 0.3) is 0 Å². The molecule has 0 heterocycles. The van der Waals surface area contributed by atoms with E-state index in [1.807, 2.05) is 6.07 Å². The number of benzene rings is 1. The van der Waals surface area contributed by atoms with E-state index in [1.54, 1.807) is 19.2 Å². The fourth-order valence-electron chi connectivity index (χ4n) is 2.83. The van der Waals surface area contributed by atoms with Crippen molar-refractivity contribution in [3.63, 3.8) is 0 Å². The van der Waals surface area contributed by atoms with E-state index in [9.17, 15) is 4.79 Å². The molecule has 3 N–H and O–H groups in total. The molecule has 20 heavy (non-hydrogen) atoms. The Morgan fingerprint density at radius 3 is 2.65 bits per heavy atom. The van der Waals surface area contributed by atoms with Gasteiger partial charge in [-0.25, -0.2) is 0 Å². The summed E-state index contributed by atoms with van der Waals surface area (Å²) in [4.78, 5) is 12.1. The summed E-state index contributed by atoms with van der Waals surface area (Å²) in [6, 6.07) is 5.32. The number of amides is 1. The van der Waals surface area contributed by atoms with Crippen LogP contribution in [0.1, 0.15) is 44.9 Å². The van der Waals surface area contributed by atoms with Gasteiger partial charge < -0.3 is 15.8 Å². The molecule has 1 aliphatic carbocycles. The summed E-state index contributed by atoms with van der Waals surface area (Å²) < 4.78 is 5.16. The van der Waals surface area contributed by atoms with Gasteiger partial charge in [-0.1, -0.05) is 25.7 Å². The number of nitrogens with two attached hydrogens (primary N) is 1. The van der Waals surface area contributed by atoms with Crippen molar-refractivity contribution in [2.45, 2.75) is 44.9 Å². The third kappa shape index (κ3) is 4.15. The summed E-state index contributed by atoms with van der Waals surface area (Å²) in [5, 5.41) is 2.94. The van der Waals surface area contributed by atoms with E-state index in [0.717, 1.165) is 5.69 Å². The smallest absolute Gasteiger partial charge is 0.224 e. The van der Waals surface area contributed by atoms with Crippen LogP contribution in [0.3, 0.4) is 0 Å². The average molecular weight is 276 g/mol. The number of nitrogen functional groups attached to an aromatic ring is 1. The molecule has 1 saturated carbocycles. The zero-order chi connectivity index (χ0) is 14.4. The largest absolute Gasteiger partial charge is 0.495 e. The predicted octanol–water partition coefficient (Wildman–Crippen LogP) is 3.58. The quantitative estimate of drug-likeness (QED) is 0.652. The molecule has 0 saturated heterocycles. The van der Waals surface area contributed by atoms with Gasteiger partial charge in [0.15, 0.2) is 0 Å². The van der Waals surface area contributed by atoms with Crippen LogP contribution >= 0.6 is 0 Å². The van der Waals surface area contributed by atoms with Gasteiger partial charge in [0.05, 0.1) is 12.8 Å². The molecule has 1 amide bonds. The monoisotopic (exact) mass is 276 g/mol. The minimum atomic E-state index is 0.0868. The number of nitrogens with one attached hydrogen (secondary N) is 1. The molecule has 0 aliphatic heterocycles. The van der Waals surface area contributed by atoms with Crippen molar-refractivity contribution in [2.75, 3.05) is 18.2 Å². The molecule has 1 aromatic rings. The van der Waals surface area contributed by atoms with Crippen LogP contribution in [-0.4, -0.2) is 13.0 Å². The summed E-state index contributed by atoms with van der Waals surface area (Å²) in [6.07, 6.45) is 8.12. The predicted molar refractivity (Wildman–Crippen MR) is 81.8 cm³/mol. The van der Waals surface area contributed by atoms with Gasteiger partial charge in [0.2, 0.25) is 5.91 Å². The molecule has 0 spiro atoms. The summed E-state index contributed by atoms with van der Waals surface area (Å²) in [5.41, 5.74) is 7.08. The minimum absolute atomic E-state index is 0.0868. The van der Waals surface area contributed by atoms with Crippen LogP contribution in [0.4, 0.5) is 11.4 Å². The maximum atomic E-state index is 12.1. The third-order valence-electron chi connectivity index (χ3n) is 3.97. The number of hydrogen-bond donors (Lipinski definition) is 2. The van der Waals surface area contributed by atoms with Crippen molar-refractivity contribution >= 4 is 17.3 Å². The van der Waals surface area contributed by atoms with Gasteiger partial charge >= 0.3 is 0 Å². The van der Waals surface area contributed by atoms with E-state index in [-0.39, 0.29) is 5.91 Å². The van der Waals surface area contributed by atoms with Crippen molar-refractivity contribution in [1.29, 1.82) is 0 Å². The van der Waals surface area contributed by atoms with E-state index in [0.29, 0.717) is 23.8 Å². The van der Waals surface area contributed by atoms with Crippen LogP contribution in [-0.2, 0) is 4.79 Å². The van der Waals surface area contributed by atoms with Crippen molar-refractivity contribution in [1.82, 2.24) is 0 Å². The fraction of sp³-hybridized carbons (Fsp3) is 0.562. The topological polar surface area (TPSA) is 64.3 Å². The van der Waals surface area contributed by atoms with Crippen LogP contribution in [0.5, 0.6) is 5.75 Å². The molecule has 4 heteroatoms. The molecular weight excluding hydrogens is 252 g/mol. The van der Waals surface area contributed by atoms with E-state index < -0.39 is 0 Å². The Morgan fingerprint density at radius 1 is 1.30 bits per heavy atom. The average Bonchev–Trinajstić information content (AvgIpc) is 2.69. The lowest BCUT2D eigenvalue weighted by atomic mass is 9.96. The lowest BCUT2D eigenvalue weighted by Crippen LogP contribution is -2.16. The number of hydrogen-bond acceptors (Lipinski definition) is 3. The fourth-order valence-corrected chi connectivity index (χ4v) is 2.83. The van der Waals surface area contributed by atoms with Crippen molar-refractivity contribution in [2.24, 2.45) is 5.92 Å². The SMILES string of the molecule is COc1cc(NC(=O)CC2CCCCCC2)ccc1N. The molecule has 110 valence electrons. The number of rotatable bonds is 4. The van der Waals surface area contributed by atoms with Gasteiger partial charge in [-0.3, -0.25) is 4.79 Å².